The topological polar surface area (TPSA) is 45.5 Å². The number of nitriles is 1. The van der Waals surface area contributed by atoms with Crippen LogP contribution in [-0.4, -0.2) is 13.8 Å². The molecule has 0 atom stereocenters. The summed E-state index contributed by atoms with van der Waals surface area (Å²) >= 11 is 1.66. The molecule has 23 heavy (non-hydrogen) atoms. The number of nitrogens with zero attached hydrogens (tertiary/aromatic N) is 4. The van der Waals surface area contributed by atoms with E-state index >= 15 is 0 Å². The highest BCUT2D eigenvalue weighted by atomic mass is 32.1. The molecule has 0 unspecified atom stereocenters. The van der Waals surface area contributed by atoms with Gasteiger partial charge in [-0.05, 0) is 35.7 Å². The second-order valence-corrected chi connectivity index (χ2v) is 6.27. The van der Waals surface area contributed by atoms with Crippen LogP contribution in [0.4, 0.5) is 0 Å². The minimum atomic E-state index is 0.675. The highest BCUT2D eigenvalue weighted by Crippen LogP contribution is 2.33. The van der Waals surface area contributed by atoms with Crippen LogP contribution in [0.3, 0.4) is 0 Å². The molecule has 0 saturated carbocycles. The SMILES string of the molecule is N#Cc1c2c3cccn3c(-c3cccs3)nc2n2ccccc12. The van der Waals surface area contributed by atoms with Crippen molar-refractivity contribution in [2.75, 3.05) is 0 Å². The highest BCUT2D eigenvalue weighted by Gasteiger charge is 2.18. The molecule has 0 aliphatic heterocycles. The first-order chi connectivity index (χ1) is 11.4. The van der Waals surface area contributed by atoms with Gasteiger partial charge in [-0.25, -0.2) is 4.98 Å². The van der Waals surface area contributed by atoms with E-state index in [1.54, 1.807) is 11.3 Å². The molecule has 0 bridgehead atoms. The Morgan fingerprint density at radius 2 is 1.83 bits per heavy atom. The third-order valence-corrected chi connectivity index (χ3v) is 4.98. The van der Waals surface area contributed by atoms with Gasteiger partial charge in [-0.15, -0.1) is 11.3 Å². The molecule has 0 N–H and O–H groups in total. The Hall–Kier alpha value is -3.10. The minimum absolute atomic E-state index is 0.675. The molecular weight excluding hydrogens is 304 g/mol. The van der Waals surface area contributed by atoms with E-state index in [0.29, 0.717) is 5.56 Å². The maximum absolute atomic E-state index is 9.67. The van der Waals surface area contributed by atoms with Crippen LogP contribution in [0.5, 0.6) is 0 Å². The number of pyridine rings is 1. The van der Waals surface area contributed by atoms with E-state index in [2.05, 4.69) is 16.5 Å². The Balaban J connectivity index is 2.09. The van der Waals surface area contributed by atoms with Crippen LogP contribution in [0.1, 0.15) is 5.56 Å². The number of fused-ring (bicyclic) bond motifs is 5. The molecule has 5 heterocycles. The predicted octanol–water partition coefficient (Wildman–Crippen LogP) is 4.34. The van der Waals surface area contributed by atoms with Crippen LogP contribution in [0.2, 0.25) is 0 Å². The lowest BCUT2D eigenvalue weighted by Crippen LogP contribution is -1.96. The average molecular weight is 314 g/mol. The third-order valence-electron chi connectivity index (χ3n) is 4.12. The van der Waals surface area contributed by atoms with Crippen LogP contribution in [0.25, 0.3) is 32.8 Å². The van der Waals surface area contributed by atoms with Gasteiger partial charge in [0.05, 0.1) is 26.9 Å². The van der Waals surface area contributed by atoms with Crippen molar-refractivity contribution in [2.24, 2.45) is 0 Å². The molecule has 108 valence electrons. The highest BCUT2D eigenvalue weighted by molar-refractivity contribution is 7.13. The molecule has 5 aromatic heterocycles. The van der Waals surface area contributed by atoms with Crippen molar-refractivity contribution in [1.29, 1.82) is 5.26 Å². The smallest absolute Gasteiger partial charge is 0.157 e. The van der Waals surface area contributed by atoms with Crippen molar-refractivity contribution >= 4 is 33.4 Å². The van der Waals surface area contributed by atoms with E-state index < -0.39 is 0 Å². The number of rotatable bonds is 1. The molecule has 0 radical (unpaired) electrons. The van der Waals surface area contributed by atoms with Crippen molar-refractivity contribution in [3.8, 4) is 16.8 Å². The van der Waals surface area contributed by atoms with Crippen LogP contribution in [0, 0.1) is 11.3 Å². The van der Waals surface area contributed by atoms with Crippen molar-refractivity contribution in [3.05, 3.63) is 65.8 Å². The zero-order chi connectivity index (χ0) is 15.4. The van der Waals surface area contributed by atoms with E-state index in [9.17, 15) is 5.26 Å². The van der Waals surface area contributed by atoms with Gasteiger partial charge in [0.25, 0.3) is 0 Å². The molecule has 0 aromatic carbocycles. The summed E-state index contributed by atoms with van der Waals surface area (Å²) in [5.41, 5.74) is 3.41. The molecular formula is C18H10N4S. The Kier molecular flexibility index (Phi) is 2.41. The lowest BCUT2D eigenvalue weighted by Gasteiger charge is -2.05. The fourth-order valence-electron chi connectivity index (χ4n) is 3.16. The molecule has 5 aromatic rings. The molecule has 0 aliphatic carbocycles. The summed E-state index contributed by atoms with van der Waals surface area (Å²) in [6.07, 6.45) is 3.96. The van der Waals surface area contributed by atoms with Crippen LogP contribution in [-0.2, 0) is 0 Å². The van der Waals surface area contributed by atoms with E-state index in [-0.39, 0.29) is 0 Å². The maximum atomic E-state index is 9.67. The van der Waals surface area contributed by atoms with Gasteiger partial charge in [0.1, 0.15) is 6.07 Å². The number of thiophene rings is 1. The first kappa shape index (κ1) is 12.4. The van der Waals surface area contributed by atoms with Crippen LogP contribution >= 0.6 is 11.3 Å². The molecule has 5 rings (SSSR count). The Labute approximate surface area is 135 Å². The van der Waals surface area contributed by atoms with E-state index in [0.717, 1.165) is 32.8 Å². The fourth-order valence-corrected chi connectivity index (χ4v) is 3.87. The summed E-state index contributed by atoms with van der Waals surface area (Å²) in [5.74, 6) is 0.903. The Morgan fingerprint density at radius 1 is 0.957 bits per heavy atom. The second kappa shape index (κ2) is 4.45. The van der Waals surface area contributed by atoms with E-state index in [1.165, 1.54) is 0 Å². The molecule has 0 saturated heterocycles. The lowest BCUT2D eigenvalue weighted by molar-refractivity contribution is 1.11. The van der Waals surface area contributed by atoms with Crippen molar-refractivity contribution in [3.63, 3.8) is 0 Å². The van der Waals surface area contributed by atoms with Gasteiger partial charge in [0, 0.05) is 12.4 Å². The molecule has 5 heteroatoms. The Bertz CT molecular complexity index is 1220. The maximum Gasteiger partial charge on any atom is 0.157 e. The van der Waals surface area contributed by atoms with E-state index in [1.807, 2.05) is 58.6 Å². The summed E-state index contributed by atoms with van der Waals surface area (Å²) in [6.45, 7) is 0. The van der Waals surface area contributed by atoms with Crippen molar-refractivity contribution in [2.45, 2.75) is 0 Å². The molecule has 0 spiro atoms. The largest absolute Gasteiger partial charge is 0.300 e. The average Bonchev–Trinajstić information content (AvgIpc) is 3.31. The Morgan fingerprint density at radius 3 is 2.65 bits per heavy atom. The fraction of sp³-hybridized carbons (Fsp3) is 0. The predicted molar refractivity (Wildman–Crippen MR) is 91.7 cm³/mol. The van der Waals surface area contributed by atoms with Gasteiger partial charge in [-0.1, -0.05) is 12.1 Å². The van der Waals surface area contributed by atoms with E-state index in [4.69, 9.17) is 4.98 Å². The number of hydrogen-bond acceptors (Lipinski definition) is 3. The van der Waals surface area contributed by atoms with Crippen LogP contribution in [0.15, 0.2) is 60.2 Å². The minimum Gasteiger partial charge on any atom is -0.300 e. The first-order valence-corrected chi connectivity index (χ1v) is 8.10. The number of hydrogen-bond donors (Lipinski definition) is 0. The van der Waals surface area contributed by atoms with Gasteiger partial charge in [-0.2, -0.15) is 5.26 Å². The second-order valence-electron chi connectivity index (χ2n) is 5.32. The quantitative estimate of drug-likeness (QED) is 0.462. The lowest BCUT2D eigenvalue weighted by atomic mass is 10.2. The summed E-state index contributed by atoms with van der Waals surface area (Å²) in [5, 5.41) is 12.6. The summed E-state index contributed by atoms with van der Waals surface area (Å²) < 4.78 is 4.06. The molecule has 0 aliphatic rings. The zero-order valence-electron chi connectivity index (χ0n) is 12.0. The monoisotopic (exact) mass is 314 g/mol. The third kappa shape index (κ3) is 1.56. The van der Waals surface area contributed by atoms with Gasteiger partial charge >= 0.3 is 0 Å². The molecule has 4 nitrogen and oxygen atoms in total. The normalized spacial score (nSPS) is 11.4. The molecule has 0 fully saturated rings. The van der Waals surface area contributed by atoms with Crippen molar-refractivity contribution < 1.29 is 0 Å². The first-order valence-electron chi connectivity index (χ1n) is 7.22. The summed E-state index contributed by atoms with van der Waals surface area (Å²) in [4.78, 5) is 6.01. The summed E-state index contributed by atoms with van der Waals surface area (Å²) in [7, 11) is 0. The standard InChI is InChI=1S/C18H10N4S/c19-11-12-13-5-1-2-8-21(13)18-16(12)14-6-3-9-22(14)17(20-18)15-7-4-10-23-15/h1-10H. The van der Waals surface area contributed by atoms with Crippen LogP contribution < -0.4 is 0 Å². The summed E-state index contributed by atoms with van der Waals surface area (Å²) in [6, 6.07) is 16.4. The van der Waals surface area contributed by atoms with Gasteiger partial charge < -0.3 is 0 Å². The molecule has 0 amide bonds. The zero-order valence-corrected chi connectivity index (χ0v) is 12.8. The van der Waals surface area contributed by atoms with Crippen molar-refractivity contribution in [1.82, 2.24) is 13.8 Å². The van der Waals surface area contributed by atoms with Gasteiger partial charge in [-0.3, -0.25) is 8.80 Å². The van der Waals surface area contributed by atoms with Gasteiger partial charge in [0.15, 0.2) is 11.5 Å². The number of aromatic nitrogens is 3. The van der Waals surface area contributed by atoms with Gasteiger partial charge in [0.2, 0.25) is 0 Å².